The van der Waals surface area contributed by atoms with Crippen molar-refractivity contribution in [2.75, 3.05) is 19.8 Å². The second-order valence-electron chi connectivity index (χ2n) is 6.72. The molecule has 7 heteroatoms. The number of hydrogen-bond donors (Lipinski definition) is 0. The Morgan fingerprint density at radius 3 is 2.96 bits per heavy atom. The molecule has 1 saturated carbocycles. The average Bonchev–Trinajstić information content (AvgIpc) is 3.03. The van der Waals surface area contributed by atoms with E-state index >= 15 is 0 Å². The maximum absolute atomic E-state index is 12.9. The summed E-state index contributed by atoms with van der Waals surface area (Å²) in [6, 6.07) is 3.49. The van der Waals surface area contributed by atoms with Crippen molar-refractivity contribution in [1.82, 2.24) is 15.1 Å². The molecule has 1 aliphatic carbocycles. The summed E-state index contributed by atoms with van der Waals surface area (Å²) < 4.78 is 16.7. The molecule has 2 fully saturated rings. The molecule has 3 unspecified atom stereocenters. The average molecular weight is 331 g/mol. The van der Waals surface area contributed by atoms with Crippen molar-refractivity contribution in [3.05, 3.63) is 35.9 Å². The minimum absolute atomic E-state index is 0.0239. The van der Waals surface area contributed by atoms with E-state index in [0.29, 0.717) is 31.5 Å². The van der Waals surface area contributed by atoms with Gasteiger partial charge in [-0.15, -0.1) is 10.2 Å². The van der Waals surface area contributed by atoms with Crippen molar-refractivity contribution in [3.63, 3.8) is 0 Å². The van der Waals surface area contributed by atoms with Crippen LogP contribution in [0.3, 0.4) is 0 Å². The second-order valence-corrected chi connectivity index (χ2v) is 6.72. The predicted molar refractivity (Wildman–Crippen MR) is 83.2 cm³/mol. The highest BCUT2D eigenvalue weighted by molar-refractivity contribution is 5.83. The smallest absolute Gasteiger partial charge is 0.241 e. The van der Waals surface area contributed by atoms with Gasteiger partial charge in [0.25, 0.3) is 0 Å². The van der Waals surface area contributed by atoms with Crippen molar-refractivity contribution < 1.29 is 18.4 Å². The molecule has 4 rings (SSSR count). The maximum atomic E-state index is 12.9. The number of morpholine rings is 1. The minimum Gasteiger partial charge on any atom is -0.469 e. The summed E-state index contributed by atoms with van der Waals surface area (Å²) in [5.41, 5.74) is 0. The molecule has 3 heterocycles. The number of furan rings is 1. The number of amides is 1. The Kier molecular flexibility index (Phi) is 3.88. The summed E-state index contributed by atoms with van der Waals surface area (Å²) in [5, 5.41) is 8.21. The van der Waals surface area contributed by atoms with Crippen LogP contribution in [0.5, 0.6) is 0 Å². The van der Waals surface area contributed by atoms with Crippen LogP contribution in [0.1, 0.15) is 55.7 Å². The van der Waals surface area contributed by atoms with E-state index < -0.39 is 0 Å². The van der Waals surface area contributed by atoms with Gasteiger partial charge in [0, 0.05) is 24.3 Å². The third kappa shape index (κ3) is 2.73. The van der Waals surface area contributed by atoms with Crippen LogP contribution in [0.25, 0.3) is 0 Å². The summed E-state index contributed by atoms with van der Waals surface area (Å²) in [4.78, 5) is 14.8. The van der Waals surface area contributed by atoms with Gasteiger partial charge in [-0.05, 0) is 18.6 Å². The zero-order valence-electron chi connectivity index (χ0n) is 13.8. The van der Waals surface area contributed by atoms with Crippen LogP contribution in [-0.2, 0) is 9.53 Å². The van der Waals surface area contributed by atoms with Crippen LogP contribution in [0.15, 0.2) is 27.2 Å². The lowest BCUT2D eigenvalue weighted by Crippen LogP contribution is -2.44. The van der Waals surface area contributed by atoms with Crippen molar-refractivity contribution in [1.29, 1.82) is 0 Å². The molecule has 3 atom stereocenters. The summed E-state index contributed by atoms with van der Waals surface area (Å²) in [6.07, 6.45) is 2.48. The number of carbonyl (C=O) groups is 1. The van der Waals surface area contributed by atoms with Gasteiger partial charge in [0.05, 0.1) is 19.5 Å². The first-order valence-corrected chi connectivity index (χ1v) is 8.40. The fraction of sp³-hybridized carbons (Fsp3) is 0.588. The van der Waals surface area contributed by atoms with E-state index in [1.807, 2.05) is 30.9 Å². The van der Waals surface area contributed by atoms with Crippen LogP contribution < -0.4 is 0 Å². The molecule has 24 heavy (non-hydrogen) atoms. The van der Waals surface area contributed by atoms with Gasteiger partial charge in [-0.2, -0.15) is 0 Å². The van der Waals surface area contributed by atoms with E-state index in [4.69, 9.17) is 13.6 Å². The highest BCUT2D eigenvalue weighted by atomic mass is 16.5. The predicted octanol–water partition coefficient (Wildman–Crippen LogP) is 2.49. The molecule has 7 nitrogen and oxygen atoms in total. The number of hydrogen-bond acceptors (Lipinski definition) is 6. The summed E-state index contributed by atoms with van der Waals surface area (Å²) >= 11 is 0. The molecule has 128 valence electrons. The van der Waals surface area contributed by atoms with Crippen molar-refractivity contribution in [2.24, 2.45) is 5.92 Å². The topological polar surface area (TPSA) is 81.6 Å². The molecule has 1 aliphatic heterocycles. The standard InChI is InChI=1S/C17H21N3O4/c1-10(2)15-18-19-16(24-15)13-9-22-7-5-20(13)17(21)12-8-11(12)14-4-3-6-23-14/h3-4,6,10-13H,5,7-9H2,1-2H3. The minimum atomic E-state index is -0.302. The molecule has 1 saturated heterocycles. The molecular formula is C17H21N3O4. The Labute approximate surface area is 140 Å². The van der Waals surface area contributed by atoms with Crippen molar-refractivity contribution in [2.45, 2.75) is 38.1 Å². The SMILES string of the molecule is CC(C)c1nnc(C2COCCN2C(=O)C2CC2c2ccco2)o1. The second kappa shape index (κ2) is 6.05. The van der Waals surface area contributed by atoms with Crippen LogP contribution in [0.2, 0.25) is 0 Å². The maximum Gasteiger partial charge on any atom is 0.241 e. The highest BCUT2D eigenvalue weighted by Gasteiger charge is 2.49. The Balaban J connectivity index is 1.50. The number of nitrogens with zero attached hydrogens (tertiary/aromatic N) is 3. The lowest BCUT2D eigenvalue weighted by atomic mass is 10.1. The largest absolute Gasteiger partial charge is 0.469 e. The first-order valence-electron chi connectivity index (χ1n) is 8.40. The third-order valence-corrected chi connectivity index (χ3v) is 4.66. The highest BCUT2D eigenvalue weighted by Crippen LogP contribution is 2.49. The van der Waals surface area contributed by atoms with Gasteiger partial charge >= 0.3 is 0 Å². The van der Waals surface area contributed by atoms with E-state index in [9.17, 15) is 4.79 Å². The summed E-state index contributed by atoms with van der Waals surface area (Å²) in [5.74, 6) is 2.37. The third-order valence-electron chi connectivity index (χ3n) is 4.66. The number of rotatable bonds is 4. The zero-order valence-corrected chi connectivity index (χ0v) is 13.8. The quantitative estimate of drug-likeness (QED) is 0.856. The van der Waals surface area contributed by atoms with Crippen LogP contribution in [0.4, 0.5) is 0 Å². The van der Waals surface area contributed by atoms with Gasteiger partial charge in [-0.25, -0.2) is 0 Å². The molecule has 1 amide bonds. The lowest BCUT2D eigenvalue weighted by Gasteiger charge is -2.33. The molecule has 0 radical (unpaired) electrons. The molecule has 0 spiro atoms. The molecule has 0 aromatic carbocycles. The monoisotopic (exact) mass is 331 g/mol. The summed E-state index contributed by atoms with van der Waals surface area (Å²) in [7, 11) is 0. The van der Waals surface area contributed by atoms with Gasteiger partial charge < -0.3 is 18.5 Å². The Hall–Kier alpha value is -2.15. The van der Waals surface area contributed by atoms with Gasteiger partial charge in [0.15, 0.2) is 0 Å². The number of ether oxygens (including phenoxy) is 1. The normalized spacial score (nSPS) is 26.8. The van der Waals surface area contributed by atoms with Crippen molar-refractivity contribution >= 4 is 5.91 Å². The van der Waals surface area contributed by atoms with E-state index in [1.165, 1.54) is 0 Å². The lowest BCUT2D eigenvalue weighted by molar-refractivity contribution is -0.142. The number of carbonyl (C=O) groups excluding carboxylic acids is 1. The van der Waals surface area contributed by atoms with Crippen molar-refractivity contribution in [3.8, 4) is 0 Å². The van der Waals surface area contributed by atoms with E-state index in [-0.39, 0.29) is 29.7 Å². The molecule has 0 N–H and O–H groups in total. The van der Waals surface area contributed by atoms with Gasteiger partial charge in [-0.1, -0.05) is 13.8 Å². The van der Waals surface area contributed by atoms with Crippen LogP contribution in [-0.4, -0.2) is 40.8 Å². The Morgan fingerprint density at radius 1 is 1.38 bits per heavy atom. The summed E-state index contributed by atoms with van der Waals surface area (Å²) in [6.45, 7) is 5.46. The molecule has 2 aromatic heterocycles. The van der Waals surface area contributed by atoms with Gasteiger partial charge in [0.1, 0.15) is 11.8 Å². The zero-order chi connectivity index (χ0) is 16.7. The molecule has 2 aliphatic rings. The Bertz CT molecular complexity index is 709. The van der Waals surface area contributed by atoms with E-state index in [0.717, 1.165) is 12.2 Å². The molecule has 2 aromatic rings. The van der Waals surface area contributed by atoms with Gasteiger partial charge in [-0.3, -0.25) is 4.79 Å². The fourth-order valence-electron chi connectivity index (χ4n) is 3.18. The van der Waals surface area contributed by atoms with E-state index in [1.54, 1.807) is 6.26 Å². The van der Waals surface area contributed by atoms with Gasteiger partial charge in [0.2, 0.25) is 17.7 Å². The van der Waals surface area contributed by atoms with E-state index in [2.05, 4.69) is 10.2 Å². The number of aromatic nitrogens is 2. The fourth-order valence-corrected chi connectivity index (χ4v) is 3.18. The van der Waals surface area contributed by atoms with Crippen LogP contribution in [0, 0.1) is 5.92 Å². The first kappa shape index (κ1) is 15.4. The molecule has 0 bridgehead atoms. The molecular weight excluding hydrogens is 310 g/mol. The Morgan fingerprint density at radius 2 is 2.25 bits per heavy atom. The first-order chi connectivity index (χ1) is 11.6. The van der Waals surface area contributed by atoms with Crippen LogP contribution >= 0.6 is 0 Å².